The average Bonchev–Trinajstić information content (AvgIpc) is 2.97. The SMILES string of the molecule is COCCC1(CO)CCCN(Cc2cc(C(N)=O)oc2C(C)(C)C)C1. The summed E-state index contributed by atoms with van der Waals surface area (Å²) in [6, 6.07) is 1.77. The van der Waals surface area contributed by atoms with Crippen molar-refractivity contribution in [3.8, 4) is 0 Å². The molecule has 1 saturated heterocycles. The first-order valence-corrected chi connectivity index (χ1v) is 8.96. The van der Waals surface area contributed by atoms with Gasteiger partial charge in [0.1, 0.15) is 5.76 Å². The zero-order valence-corrected chi connectivity index (χ0v) is 15.9. The van der Waals surface area contributed by atoms with Gasteiger partial charge in [0.2, 0.25) is 0 Å². The second kappa shape index (κ2) is 7.89. The molecule has 1 aromatic heterocycles. The Morgan fingerprint density at radius 1 is 1.48 bits per heavy atom. The highest BCUT2D eigenvalue weighted by molar-refractivity contribution is 5.90. The van der Waals surface area contributed by atoms with Crippen molar-refractivity contribution in [2.75, 3.05) is 33.4 Å². The van der Waals surface area contributed by atoms with Crippen molar-refractivity contribution in [2.45, 2.75) is 52.0 Å². The van der Waals surface area contributed by atoms with Crippen LogP contribution in [0.4, 0.5) is 0 Å². The largest absolute Gasteiger partial charge is 0.455 e. The number of likely N-dealkylation sites (tertiary alicyclic amines) is 1. The van der Waals surface area contributed by atoms with Crippen LogP contribution in [0.2, 0.25) is 0 Å². The Labute approximate surface area is 150 Å². The Balaban J connectivity index is 2.19. The number of hydrogen-bond acceptors (Lipinski definition) is 5. The number of amides is 1. The molecule has 2 heterocycles. The highest BCUT2D eigenvalue weighted by atomic mass is 16.5. The van der Waals surface area contributed by atoms with E-state index in [2.05, 4.69) is 25.7 Å². The van der Waals surface area contributed by atoms with Crippen LogP contribution in [0.25, 0.3) is 0 Å². The van der Waals surface area contributed by atoms with Gasteiger partial charge in [0.15, 0.2) is 5.76 Å². The van der Waals surface area contributed by atoms with Gasteiger partial charge in [-0.2, -0.15) is 0 Å². The first kappa shape index (κ1) is 19.9. The van der Waals surface area contributed by atoms with E-state index in [1.165, 1.54) is 0 Å². The highest BCUT2D eigenvalue weighted by Gasteiger charge is 2.35. The molecular weight excluding hydrogens is 320 g/mol. The van der Waals surface area contributed by atoms with Crippen LogP contribution < -0.4 is 5.73 Å². The average molecular weight is 352 g/mol. The lowest BCUT2D eigenvalue weighted by atomic mass is 9.78. The van der Waals surface area contributed by atoms with E-state index in [-0.39, 0.29) is 23.2 Å². The predicted molar refractivity (Wildman–Crippen MR) is 96.4 cm³/mol. The van der Waals surface area contributed by atoms with E-state index in [9.17, 15) is 9.90 Å². The van der Waals surface area contributed by atoms with Gasteiger partial charge in [0.25, 0.3) is 5.91 Å². The van der Waals surface area contributed by atoms with Crippen molar-refractivity contribution in [1.29, 1.82) is 0 Å². The monoisotopic (exact) mass is 352 g/mol. The van der Waals surface area contributed by atoms with Crippen LogP contribution in [0, 0.1) is 5.41 Å². The number of furan rings is 1. The number of primary amides is 1. The maximum absolute atomic E-state index is 11.5. The Hall–Kier alpha value is -1.37. The first-order valence-electron chi connectivity index (χ1n) is 8.96. The molecule has 1 unspecified atom stereocenters. The molecule has 0 radical (unpaired) electrons. The summed E-state index contributed by atoms with van der Waals surface area (Å²) in [6.45, 7) is 9.48. The quantitative estimate of drug-likeness (QED) is 0.786. The maximum Gasteiger partial charge on any atom is 0.284 e. The number of aliphatic hydroxyl groups is 1. The van der Waals surface area contributed by atoms with Crippen LogP contribution in [-0.4, -0.2) is 49.3 Å². The highest BCUT2D eigenvalue weighted by Crippen LogP contribution is 2.35. The smallest absolute Gasteiger partial charge is 0.284 e. The number of hydrogen-bond donors (Lipinski definition) is 2. The van der Waals surface area contributed by atoms with Gasteiger partial charge in [-0.3, -0.25) is 9.69 Å². The van der Waals surface area contributed by atoms with Crippen molar-refractivity contribution in [1.82, 2.24) is 4.90 Å². The molecule has 6 nitrogen and oxygen atoms in total. The number of nitrogens with zero attached hydrogens (tertiary/aromatic N) is 1. The number of carbonyl (C=O) groups is 1. The number of piperidine rings is 1. The number of methoxy groups -OCH3 is 1. The number of nitrogens with two attached hydrogens (primary N) is 1. The van der Waals surface area contributed by atoms with Gasteiger partial charge in [-0.1, -0.05) is 20.8 Å². The Kier molecular flexibility index (Phi) is 6.30. The summed E-state index contributed by atoms with van der Waals surface area (Å²) in [7, 11) is 1.69. The van der Waals surface area contributed by atoms with E-state index in [0.717, 1.165) is 43.7 Å². The molecule has 0 bridgehead atoms. The van der Waals surface area contributed by atoms with Crippen molar-refractivity contribution in [3.63, 3.8) is 0 Å². The minimum absolute atomic E-state index is 0.119. The molecule has 0 aromatic carbocycles. The van der Waals surface area contributed by atoms with Gasteiger partial charge >= 0.3 is 0 Å². The van der Waals surface area contributed by atoms with Crippen molar-refractivity contribution < 1.29 is 19.1 Å². The fourth-order valence-corrected chi connectivity index (χ4v) is 3.72. The molecule has 0 aliphatic carbocycles. The third kappa shape index (κ3) is 4.84. The lowest BCUT2D eigenvalue weighted by Crippen LogP contribution is -2.45. The van der Waals surface area contributed by atoms with Gasteiger partial charge in [0, 0.05) is 43.2 Å². The van der Waals surface area contributed by atoms with Crippen molar-refractivity contribution in [2.24, 2.45) is 11.1 Å². The molecule has 1 aromatic rings. The number of ether oxygens (including phenoxy) is 1. The molecule has 1 aliphatic rings. The number of carbonyl (C=O) groups excluding carboxylic acids is 1. The van der Waals surface area contributed by atoms with Crippen LogP contribution in [0.15, 0.2) is 10.5 Å². The maximum atomic E-state index is 11.5. The second-order valence-corrected chi connectivity index (χ2v) is 8.29. The molecular formula is C19H32N2O4. The third-order valence-electron chi connectivity index (χ3n) is 5.04. The summed E-state index contributed by atoms with van der Waals surface area (Å²) in [5, 5.41) is 9.95. The fraction of sp³-hybridized carbons (Fsp3) is 0.737. The summed E-state index contributed by atoms with van der Waals surface area (Å²) in [5.41, 5.74) is 6.08. The summed E-state index contributed by atoms with van der Waals surface area (Å²) in [6.07, 6.45) is 2.89. The molecule has 2 rings (SSSR count). The van der Waals surface area contributed by atoms with E-state index in [4.69, 9.17) is 14.9 Å². The summed E-state index contributed by atoms with van der Waals surface area (Å²) >= 11 is 0. The van der Waals surface area contributed by atoms with Crippen LogP contribution in [0.5, 0.6) is 0 Å². The molecule has 1 amide bonds. The molecule has 0 spiro atoms. The van der Waals surface area contributed by atoms with Crippen LogP contribution in [0.3, 0.4) is 0 Å². The number of aliphatic hydroxyl groups excluding tert-OH is 1. The van der Waals surface area contributed by atoms with E-state index in [1.54, 1.807) is 13.2 Å². The van der Waals surface area contributed by atoms with E-state index < -0.39 is 5.91 Å². The van der Waals surface area contributed by atoms with Crippen LogP contribution in [-0.2, 0) is 16.7 Å². The van der Waals surface area contributed by atoms with Gasteiger partial charge in [-0.25, -0.2) is 0 Å². The summed E-state index contributed by atoms with van der Waals surface area (Å²) < 4.78 is 11.0. The van der Waals surface area contributed by atoms with E-state index in [0.29, 0.717) is 13.2 Å². The van der Waals surface area contributed by atoms with Crippen LogP contribution >= 0.6 is 0 Å². The second-order valence-electron chi connectivity index (χ2n) is 8.29. The zero-order valence-electron chi connectivity index (χ0n) is 15.9. The lowest BCUT2D eigenvalue weighted by Gasteiger charge is -2.42. The van der Waals surface area contributed by atoms with Gasteiger partial charge < -0.3 is 20.0 Å². The molecule has 6 heteroatoms. The number of rotatable bonds is 7. The van der Waals surface area contributed by atoms with E-state index in [1.807, 2.05) is 0 Å². The van der Waals surface area contributed by atoms with E-state index >= 15 is 0 Å². The zero-order chi connectivity index (χ0) is 18.7. The normalized spacial score (nSPS) is 22.3. The Bertz CT molecular complexity index is 591. The lowest BCUT2D eigenvalue weighted by molar-refractivity contribution is 0.00451. The minimum Gasteiger partial charge on any atom is -0.455 e. The molecule has 142 valence electrons. The Morgan fingerprint density at radius 3 is 2.76 bits per heavy atom. The molecule has 0 saturated carbocycles. The molecule has 1 fully saturated rings. The molecule has 1 atom stereocenters. The van der Waals surface area contributed by atoms with Gasteiger partial charge in [0.05, 0.1) is 6.61 Å². The van der Waals surface area contributed by atoms with Crippen molar-refractivity contribution in [3.05, 3.63) is 23.2 Å². The molecule has 3 N–H and O–H groups in total. The fourth-order valence-electron chi connectivity index (χ4n) is 3.72. The van der Waals surface area contributed by atoms with Gasteiger partial charge in [-0.15, -0.1) is 0 Å². The standard InChI is InChI=1S/C19H32N2O4/c1-18(2,3)16-14(10-15(25-16)17(20)23)11-21-8-5-6-19(12-21,13-22)7-9-24-4/h10,22H,5-9,11-13H2,1-4H3,(H2,20,23). The first-order chi connectivity index (χ1) is 11.7. The third-order valence-corrected chi connectivity index (χ3v) is 5.04. The van der Waals surface area contributed by atoms with Crippen molar-refractivity contribution >= 4 is 5.91 Å². The summed E-state index contributed by atoms with van der Waals surface area (Å²) in [4.78, 5) is 13.9. The Morgan fingerprint density at radius 2 is 2.20 bits per heavy atom. The molecule has 1 aliphatic heterocycles. The minimum atomic E-state index is -0.541. The summed E-state index contributed by atoms with van der Waals surface area (Å²) in [5.74, 6) is 0.475. The van der Waals surface area contributed by atoms with Gasteiger partial charge in [-0.05, 0) is 31.9 Å². The molecule has 25 heavy (non-hydrogen) atoms. The topological polar surface area (TPSA) is 88.9 Å². The van der Waals surface area contributed by atoms with Crippen LogP contribution in [0.1, 0.15) is 61.9 Å². The predicted octanol–water partition coefficient (Wildman–Crippen LogP) is 2.29.